The highest BCUT2D eigenvalue weighted by molar-refractivity contribution is 7.83. The van der Waals surface area contributed by atoms with Crippen LogP contribution in [0.4, 0.5) is 0 Å². The summed E-state index contributed by atoms with van der Waals surface area (Å²) in [5.74, 6) is 0. The van der Waals surface area contributed by atoms with Crippen LogP contribution < -0.4 is 10.0 Å². The molecule has 9 heavy (non-hydrogen) atoms. The fourth-order valence-corrected chi connectivity index (χ4v) is 1.17. The summed E-state index contributed by atoms with van der Waals surface area (Å²) in [5.41, 5.74) is 0. The minimum absolute atomic E-state index is 0.125. The summed E-state index contributed by atoms with van der Waals surface area (Å²) in [6.45, 7) is 1.19. The summed E-state index contributed by atoms with van der Waals surface area (Å²) >= 11 is 0. The Morgan fingerprint density at radius 2 is 2.11 bits per heavy atom. The van der Waals surface area contributed by atoms with Crippen molar-refractivity contribution >= 4 is 10.3 Å². The van der Waals surface area contributed by atoms with Crippen molar-refractivity contribution in [2.45, 2.75) is 6.04 Å². The van der Waals surface area contributed by atoms with Crippen molar-refractivity contribution in [2.75, 3.05) is 13.1 Å². The summed E-state index contributed by atoms with van der Waals surface area (Å²) in [7, 11) is -3.97. The normalized spacial score (nSPS) is 21.4. The molecule has 0 atom stereocenters. The Hall–Kier alpha value is -0.170. The molecule has 0 aliphatic carbocycles. The van der Waals surface area contributed by atoms with E-state index in [1.165, 1.54) is 0 Å². The summed E-state index contributed by atoms with van der Waals surface area (Å²) in [6.07, 6.45) is 0. The smallest absolute Gasteiger partial charge is 0.313 e. The van der Waals surface area contributed by atoms with E-state index < -0.39 is 10.3 Å². The van der Waals surface area contributed by atoms with Gasteiger partial charge in [-0.1, -0.05) is 0 Å². The summed E-state index contributed by atoms with van der Waals surface area (Å²) in [5, 5.41) is 2.85. The number of hydrogen-bond acceptors (Lipinski definition) is 3. The van der Waals surface area contributed by atoms with E-state index >= 15 is 0 Å². The average molecular weight is 152 g/mol. The number of nitrogens with one attached hydrogen (secondary N) is 2. The molecule has 1 heterocycles. The second kappa shape index (κ2) is 2.22. The highest BCUT2D eigenvalue weighted by atomic mass is 32.2. The van der Waals surface area contributed by atoms with Crippen LogP contribution in [0.15, 0.2) is 0 Å². The first kappa shape index (κ1) is 6.94. The Morgan fingerprint density at radius 1 is 1.56 bits per heavy atom. The van der Waals surface area contributed by atoms with Gasteiger partial charge in [0.2, 0.25) is 0 Å². The SMILES string of the molecule is O=S(=O)(O)NC1CNC1. The van der Waals surface area contributed by atoms with Gasteiger partial charge in [0, 0.05) is 19.1 Å². The highest BCUT2D eigenvalue weighted by Gasteiger charge is 2.20. The highest BCUT2D eigenvalue weighted by Crippen LogP contribution is 1.91. The van der Waals surface area contributed by atoms with Crippen molar-refractivity contribution < 1.29 is 13.0 Å². The van der Waals surface area contributed by atoms with Crippen molar-refractivity contribution in [2.24, 2.45) is 0 Å². The second-order valence-corrected chi connectivity index (χ2v) is 3.13. The van der Waals surface area contributed by atoms with E-state index in [-0.39, 0.29) is 6.04 Å². The topological polar surface area (TPSA) is 78.4 Å². The molecule has 1 fully saturated rings. The molecule has 1 saturated heterocycles. The summed E-state index contributed by atoms with van der Waals surface area (Å²) in [4.78, 5) is 0. The van der Waals surface area contributed by atoms with Crippen molar-refractivity contribution in [1.82, 2.24) is 10.0 Å². The molecule has 0 amide bonds. The first-order valence-corrected chi connectivity index (χ1v) is 3.97. The van der Waals surface area contributed by atoms with Gasteiger partial charge in [-0.05, 0) is 0 Å². The van der Waals surface area contributed by atoms with Crippen LogP contribution >= 0.6 is 0 Å². The maximum Gasteiger partial charge on any atom is 0.333 e. The van der Waals surface area contributed by atoms with Crippen LogP contribution in [0.5, 0.6) is 0 Å². The van der Waals surface area contributed by atoms with Gasteiger partial charge in [-0.15, -0.1) is 0 Å². The zero-order chi connectivity index (χ0) is 6.91. The monoisotopic (exact) mass is 152 g/mol. The molecule has 0 unspecified atom stereocenters. The van der Waals surface area contributed by atoms with Gasteiger partial charge in [0.05, 0.1) is 0 Å². The Labute approximate surface area is 53.3 Å². The minimum Gasteiger partial charge on any atom is -0.313 e. The van der Waals surface area contributed by atoms with Gasteiger partial charge >= 0.3 is 10.3 Å². The zero-order valence-corrected chi connectivity index (χ0v) is 5.48. The summed E-state index contributed by atoms with van der Waals surface area (Å²) in [6, 6.07) is -0.125. The standard InChI is InChI=1S/C3H8N2O3S/c6-9(7,8)5-3-1-4-2-3/h3-5H,1-2H2,(H,6,7,8). The van der Waals surface area contributed by atoms with Crippen LogP contribution in [-0.2, 0) is 10.3 Å². The fourth-order valence-electron chi connectivity index (χ4n) is 0.583. The Morgan fingerprint density at radius 3 is 2.22 bits per heavy atom. The first-order chi connectivity index (χ1) is 4.08. The molecule has 0 aromatic carbocycles. The molecule has 6 heteroatoms. The fraction of sp³-hybridized carbons (Fsp3) is 1.00. The second-order valence-electron chi connectivity index (χ2n) is 1.95. The molecular weight excluding hydrogens is 144 g/mol. The summed E-state index contributed by atoms with van der Waals surface area (Å²) < 4.78 is 30.3. The zero-order valence-electron chi connectivity index (χ0n) is 4.66. The van der Waals surface area contributed by atoms with Crippen LogP contribution in [0.2, 0.25) is 0 Å². The van der Waals surface area contributed by atoms with E-state index in [0.29, 0.717) is 13.1 Å². The molecule has 1 rings (SSSR count). The van der Waals surface area contributed by atoms with Gasteiger partial charge in [0.1, 0.15) is 0 Å². The lowest BCUT2D eigenvalue weighted by Crippen LogP contribution is -2.56. The van der Waals surface area contributed by atoms with Gasteiger partial charge in [-0.3, -0.25) is 4.55 Å². The lowest BCUT2D eigenvalue weighted by atomic mass is 10.2. The van der Waals surface area contributed by atoms with E-state index in [0.717, 1.165) is 0 Å². The van der Waals surface area contributed by atoms with Crippen LogP contribution in [0.25, 0.3) is 0 Å². The molecule has 1 aliphatic heterocycles. The van der Waals surface area contributed by atoms with Gasteiger partial charge in [0.25, 0.3) is 0 Å². The molecule has 0 spiro atoms. The van der Waals surface area contributed by atoms with Crippen LogP contribution in [-0.4, -0.2) is 32.1 Å². The quantitative estimate of drug-likeness (QED) is 0.414. The third kappa shape index (κ3) is 2.27. The lowest BCUT2D eigenvalue weighted by molar-refractivity contribution is 0.385. The minimum atomic E-state index is -3.97. The van der Waals surface area contributed by atoms with Crippen molar-refractivity contribution in [3.05, 3.63) is 0 Å². The Bertz CT molecular complexity index is 183. The van der Waals surface area contributed by atoms with Crippen LogP contribution in [0, 0.1) is 0 Å². The predicted molar refractivity (Wildman–Crippen MR) is 31.3 cm³/mol. The van der Waals surface area contributed by atoms with Gasteiger partial charge in [-0.25, -0.2) is 0 Å². The maximum atomic E-state index is 10.1. The number of rotatable bonds is 2. The van der Waals surface area contributed by atoms with Gasteiger partial charge in [-0.2, -0.15) is 13.1 Å². The molecule has 0 bridgehead atoms. The molecule has 3 N–H and O–H groups in total. The van der Waals surface area contributed by atoms with E-state index in [1.807, 2.05) is 4.72 Å². The van der Waals surface area contributed by atoms with E-state index in [4.69, 9.17) is 4.55 Å². The molecule has 0 aromatic heterocycles. The van der Waals surface area contributed by atoms with E-state index in [1.54, 1.807) is 0 Å². The van der Waals surface area contributed by atoms with Crippen molar-refractivity contribution in [3.8, 4) is 0 Å². The molecule has 0 radical (unpaired) electrons. The van der Waals surface area contributed by atoms with Gasteiger partial charge in [0.15, 0.2) is 0 Å². The van der Waals surface area contributed by atoms with Crippen molar-refractivity contribution in [3.63, 3.8) is 0 Å². The maximum absolute atomic E-state index is 10.1. The van der Waals surface area contributed by atoms with Crippen LogP contribution in [0.1, 0.15) is 0 Å². The first-order valence-electron chi connectivity index (χ1n) is 2.53. The molecule has 54 valence electrons. The molecular formula is C3H8N2O3S. The predicted octanol–water partition coefficient (Wildman–Crippen LogP) is -1.65. The molecule has 0 saturated carbocycles. The largest absolute Gasteiger partial charge is 0.333 e. The molecule has 1 aliphatic rings. The Balaban J connectivity index is 2.33. The third-order valence-corrected chi connectivity index (χ3v) is 1.73. The average Bonchev–Trinajstić information content (AvgIpc) is 1.53. The molecule has 5 nitrogen and oxygen atoms in total. The van der Waals surface area contributed by atoms with Crippen molar-refractivity contribution in [1.29, 1.82) is 0 Å². The Kier molecular flexibility index (Phi) is 1.71. The van der Waals surface area contributed by atoms with E-state index in [9.17, 15) is 8.42 Å². The van der Waals surface area contributed by atoms with Gasteiger partial charge < -0.3 is 5.32 Å². The lowest BCUT2D eigenvalue weighted by Gasteiger charge is -2.25. The molecule has 0 aromatic rings. The van der Waals surface area contributed by atoms with E-state index in [2.05, 4.69) is 5.32 Å². The van der Waals surface area contributed by atoms with Crippen LogP contribution in [0.3, 0.4) is 0 Å². The number of hydrogen-bond donors (Lipinski definition) is 3. The third-order valence-electron chi connectivity index (χ3n) is 1.10.